The molecule has 6 N–H and O–H groups in total. The van der Waals surface area contributed by atoms with E-state index in [0.717, 1.165) is 0 Å². The van der Waals surface area contributed by atoms with Crippen molar-refractivity contribution in [3.8, 4) is 0 Å². The van der Waals surface area contributed by atoms with E-state index in [1.54, 1.807) is 0 Å². The van der Waals surface area contributed by atoms with Crippen LogP contribution in [0.25, 0.3) is 0 Å². The van der Waals surface area contributed by atoms with Crippen LogP contribution in [0.5, 0.6) is 0 Å². The van der Waals surface area contributed by atoms with Crippen LogP contribution >= 0.6 is 0 Å². The van der Waals surface area contributed by atoms with Crippen molar-refractivity contribution in [1.82, 2.24) is 0 Å². The van der Waals surface area contributed by atoms with Crippen molar-refractivity contribution in [1.29, 1.82) is 0 Å². The van der Waals surface area contributed by atoms with Crippen LogP contribution in [-0.2, 0) is 0 Å². The number of nitrogens with one attached hydrogen (secondary N) is 1. The number of nitro benzene ring substituents is 1. The number of nitro groups is 1. The first-order chi connectivity index (χ1) is 9.86. The summed E-state index contributed by atoms with van der Waals surface area (Å²) >= 11 is 0. The van der Waals surface area contributed by atoms with Gasteiger partial charge in [-0.2, -0.15) is 0 Å². The molecule has 1 rings (SSSR count). The Hall–Kier alpha value is -1.78. The fourth-order valence-corrected chi connectivity index (χ4v) is 1.61. The monoisotopic (exact) mass is 302 g/mol. The summed E-state index contributed by atoms with van der Waals surface area (Å²) in [5.41, 5.74) is 0.395. The molecule has 0 aliphatic rings. The van der Waals surface area contributed by atoms with E-state index in [1.807, 2.05) is 0 Å². The number of aliphatic hydroxyl groups is 5. The molecular weight excluding hydrogens is 284 g/mol. The maximum Gasteiger partial charge on any atom is 0.269 e. The van der Waals surface area contributed by atoms with Crippen molar-refractivity contribution in [3.63, 3.8) is 0 Å². The van der Waals surface area contributed by atoms with Crippen LogP contribution in [0.15, 0.2) is 24.3 Å². The zero-order valence-electron chi connectivity index (χ0n) is 11.0. The molecule has 0 aromatic heterocycles. The van der Waals surface area contributed by atoms with E-state index in [0.29, 0.717) is 5.69 Å². The molecule has 0 saturated carbocycles. The maximum atomic E-state index is 10.5. The lowest BCUT2D eigenvalue weighted by Crippen LogP contribution is -2.47. The normalized spacial score (nSPS) is 16.8. The second kappa shape index (κ2) is 7.86. The van der Waals surface area contributed by atoms with E-state index in [1.165, 1.54) is 24.3 Å². The van der Waals surface area contributed by atoms with Gasteiger partial charge in [0.25, 0.3) is 5.69 Å². The molecule has 118 valence electrons. The molecule has 9 nitrogen and oxygen atoms in total. The lowest BCUT2D eigenvalue weighted by molar-refractivity contribution is -0.384. The molecule has 4 unspecified atom stereocenters. The van der Waals surface area contributed by atoms with E-state index in [-0.39, 0.29) is 12.2 Å². The fourth-order valence-electron chi connectivity index (χ4n) is 1.61. The molecule has 21 heavy (non-hydrogen) atoms. The topological polar surface area (TPSA) is 156 Å². The quantitative estimate of drug-likeness (QED) is 0.249. The third-order valence-electron chi connectivity index (χ3n) is 2.92. The zero-order chi connectivity index (χ0) is 16.0. The van der Waals surface area contributed by atoms with Gasteiger partial charge >= 0.3 is 0 Å². The van der Waals surface area contributed by atoms with Crippen molar-refractivity contribution < 1.29 is 30.5 Å². The molecule has 0 spiro atoms. The van der Waals surface area contributed by atoms with Crippen LogP contribution in [0.1, 0.15) is 0 Å². The van der Waals surface area contributed by atoms with Gasteiger partial charge in [0.2, 0.25) is 0 Å². The van der Waals surface area contributed by atoms with E-state index < -0.39 is 35.9 Å². The minimum absolute atomic E-state index is 0.0809. The van der Waals surface area contributed by atoms with Gasteiger partial charge in [-0.1, -0.05) is 0 Å². The van der Waals surface area contributed by atoms with Gasteiger partial charge in [-0.25, -0.2) is 0 Å². The minimum Gasteiger partial charge on any atom is -0.394 e. The number of nitrogens with zero attached hydrogens (tertiary/aromatic N) is 1. The van der Waals surface area contributed by atoms with Gasteiger partial charge in [0.05, 0.1) is 17.6 Å². The largest absolute Gasteiger partial charge is 0.394 e. The average molecular weight is 302 g/mol. The number of aliphatic hydroxyl groups excluding tert-OH is 5. The Balaban J connectivity index is 2.52. The molecule has 0 amide bonds. The Morgan fingerprint density at radius 1 is 1.05 bits per heavy atom. The number of rotatable bonds is 8. The van der Waals surface area contributed by atoms with Crippen LogP contribution < -0.4 is 5.32 Å². The van der Waals surface area contributed by atoms with Gasteiger partial charge < -0.3 is 30.8 Å². The SMILES string of the molecule is O=[N+]([O-])c1ccc(NCC(O)C(O)C(O)C(O)CO)cc1. The van der Waals surface area contributed by atoms with Gasteiger partial charge in [0.15, 0.2) is 0 Å². The Morgan fingerprint density at radius 3 is 2.05 bits per heavy atom. The summed E-state index contributed by atoms with van der Waals surface area (Å²) < 4.78 is 0. The summed E-state index contributed by atoms with van der Waals surface area (Å²) in [6.45, 7) is -0.908. The Morgan fingerprint density at radius 2 is 1.57 bits per heavy atom. The van der Waals surface area contributed by atoms with Crippen molar-refractivity contribution in [2.24, 2.45) is 0 Å². The molecular formula is C12H18N2O7. The lowest BCUT2D eigenvalue weighted by atomic mass is 10.0. The van der Waals surface area contributed by atoms with Gasteiger partial charge in [0, 0.05) is 24.4 Å². The molecule has 4 atom stereocenters. The predicted molar refractivity (Wildman–Crippen MR) is 72.7 cm³/mol. The second-order valence-electron chi connectivity index (χ2n) is 4.48. The van der Waals surface area contributed by atoms with E-state index in [9.17, 15) is 25.4 Å². The Bertz CT molecular complexity index is 453. The summed E-state index contributed by atoms with van der Waals surface area (Å²) in [7, 11) is 0. The summed E-state index contributed by atoms with van der Waals surface area (Å²) in [6, 6.07) is 5.40. The predicted octanol–water partition coefficient (Wildman–Crippen LogP) is -1.56. The molecule has 0 radical (unpaired) electrons. The summed E-state index contributed by atoms with van der Waals surface area (Å²) in [4.78, 5) is 9.93. The number of non-ortho nitro benzene ring substituents is 1. The number of anilines is 1. The molecule has 0 bridgehead atoms. The van der Waals surface area contributed by atoms with E-state index >= 15 is 0 Å². The van der Waals surface area contributed by atoms with Gasteiger partial charge in [-0.15, -0.1) is 0 Å². The van der Waals surface area contributed by atoms with Crippen molar-refractivity contribution >= 4 is 11.4 Å². The van der Waals surface area contributed by atoms with E-state index in [2.05, 4.69) is 5.32 Å². The number of hydrogen-bond donors (Lipinski definition) is 6. The van der Waals surface area contributed by atoms with Crippen LogP contribution in [-0.4, -0.2) is 68.0 Å². The molecule has 1 aromatic rings. The number of hydrogen-bond acceptors (Lipinski definition) is 8. The smallest absolute Gasteiger partial charge is 0.269 e. The molecule has 0 heterocycles. The van der Waals surface area contributed by atoms with Gasteiger partial charge in [-0.3, -0.25) is 10.1 Å². The maximum absolute atomic E-state index is 10.5. The van der Waals surface area contributed by atoms with Crippen LogP contribution in [0.2, 0.25) is 0 Å². The highest BCUT2D eigenvalue weighted by molar-refractivity contribution is 5.48. The summed E-state index contributed by atoms with van der Waals surface area (Å²) in [5, 5.41) is 59.7. The first kappa shape index (κ1) is 17.3. The lowest BCUT2D eigenvalue weighted by Gasteiger charge is -2.25. The first-order valence-corrected chi connectivity index (χ1v) is 6.18. The van der Waals surface area contributed by atoms with Crippen LogP contribution in [0.3, 0.4) is 0 Å². The summed E-state index contributed by atoms with van der Waals surface area (Å²) in [5.74, 6) is 0. The molecule has 0 fully saturated rings. The van der Waals surface area contributed by atoms with Crippen molar-refractivity contribution in [2.45, 2.75) is 24.4 Å². The molecule has 9 heteroatoms. The average Bonchev–Trinajstić information content (AvgIpc) is 2.50. The minimum atomic E-state index is -1.69. The third-order valence-corrected chi connectivity index (χ3v) is 2.92. The van der Waals surface area contributed by atoms with E-state index in [4.69, 9.17) is 10.2 Å². The Kier molecular flexibility index (Phi) is 6.46. The van der Waals surface area contributed by atoms with Crippen molar-refractivity contribution in [3.05, 3.63) is 34.4 Å². The standard InChI is InChI=1S/C12H18N2O7/c15-6-10(17)12(19)11(18)9(16)5-13-7-1-3-8(4-2-7)14(20)21/h1-4,9-13,15-19H,5-6H2. The third kappa shape index (κ3) is 4.92. The van der Waals surface area contributed by atoms with Gasteiger partial charge in [0.1, 0.15) is 18.3 Å². The first-order valence-electron chi connectivity index (χ1n) is 6.18. The zero-order valence-corrected chi connectivity index (χ0v) is 11.0. The fraction of sp³-hybridized carbons (Fsp3) is 0.500. The molecule has 0 aliphatic carbocycles. The highest BCUT2D eigenvalue weighted by atomic mass is 16.6. The van der Waals surface area contributed by atoms with Crippen molar-refractivity contribution in [2.75, 3.05) is 18.5 Å². The Labute approximate surface area is 120 Å². The highest BCUT2D eigenvalue weighted by Gasteiger charge is 2.29. The number of benzene rings is 1. The second-order valence-corrected chi connectivity index (χ2v) is 4.48. The summed E-state index contributed by atoms with van der Waals surface area (Å²) in [6.07, 6.45) is -6.31. The van der Waals surface area contributed by atoms with Gasteiger partial charge in [-0.05, 0) is 12.1 Å². The molecule has 0 saturated heterocycles. The van der Waals surface area contributed by atoms with Crippen LogP contribution in [0.4, 0.5) is 11.4 Å². The van der Waals surface area contributed by atoms with Crippen LogP contribution in [0, 0.1) is 10.1 Å². The highest BCUT2D eigenvalue weighted by Crippen LogP contribution is 2.15. The molecule has 0 aliphatic heterocycles. The molecule has 1 aromatic carbocycles.